The number of benzene rings is 3. The average molecular weight is 466 g/mol. The average Bonchev–Trinajstić information content (AvgIpc) is 3.52. The molecule has 0 bridgehead atoms. The number of hydrogen-bond donors (Lipinski definition) is 0. The fourth-order valence-corrected chi connectivity index (χ4v) is 4.78. The maximum Gasteiger partial charge on any atom is 0.291 e. The van der Waals surface area contributed by atoms with Gasteiger partial charge in [0.05, 0.1) is 4.53 Å². The standard InChI is InChI=1S/C27H19N3O3S/c1-17-21-9-5-6-10-22(21)33-24(17)25-28-27-30(29-25)26(31)23(34-27)15-18-11-13-20(14-12-18)32-16-19-7-3-2-4-8-19/h2-15H,16H2,1H3. The maximum absolute atomic E-state index is 12.9. The first-order valence-electron chi connectivity index (χ1n) is 10.8. The molecule has 6 nitrogen and oxygen atoms in total. The molecule has 0 aliphatic carbocycles. The predicted molar refractivity (Wildman–Crippen MR) is 133 cm³/mol. The molecule has 0 saturated carbocycles. The number of thiazole rings is 1. The number of furan rings is 1. The largest absolute Gasteiger partial charge is 0.489 e. The third-order valence-corrected chi connectivity index (χ3v) is 6.61. The van der Waals surface area contributed by atoms with Crippen LogP contribution in [0.3, 0.4) is 0 Å². The van der Waals surface area contributed by atoms with Gasteiger partial charge in [-0.3, -0.25) is 4.79 Å². The Morgan fingerprint density at radius 3 is 2.53 bits per heavy atom. The van der Waals surface area contributed by atoms with Gasteiger partial charge >= 0.3 is 0 Å². The summed E-state index contributed by atoms with van der Waals surface area (Å²) in [5, 5.41) is 5.45. The lowest BCUT2D eigenvalue weighted by Gasteiger charge is -2.06. The smallest absolute Gasteiger partial charge is 0.291 e. The zero-order chi connectivity index (χ0) is 23.1. The Labute approximate surface area is 198 Å². The van der Waals surface area contributed by atoms with Crippen molar-refractivity contribution >= 4 is 33.3 Å². The molecule has 6 rings (SSSR count). The molecule has 0 aliphatic heterocycles. The van der Waals surface area contributed by atoms with Crippen molar-refractivity contribution in [2.75, 3.05) is 0 Å². The summed E-state index contributed by atoms with van der Waals surface area (Å²) in [7, 11) is 0. The van der Waals surface area contributed by atoms with Crippen LogP contribution in [0.4, 0.5) is 0 Å². The predicted octanol–water partition coefficient (Wildman–Crippen LogP) is 5.00. The third kappa shape index (κ3) is 3.66. The molecule has 0 N–H and O–H groups in total. The van der Waals surface area contributed by atoms with Crippen LogP contribution in [0, 0.1) is 6.92 Å². The summed E-state index contributed by atoms with van der Waals surface area (Å²) >= 11 is 1.31. The number of hydrogen-bond acceptors (Lipinski definition) is 6. The van der Waals surface area contributed by atoms with Gasteiger partial charge in [0, 0.05) is 10.9 Å². The molecule has 6 aromatic rings. The van der Waals surface area contributed by atoms with Crippen LogP contribution < -0.4 is 14.8 Å². The molecule has 7 heteroatoms. The van der Waals surface area contributed by atoms with Crippen molar-refractivity contribution in [3.8, 4) is 17.3 Å². The minimum absolute atomic E-state index is 0.197. The van der Waals surface area contributed by atoms with E-state index in [2.05, 4.69) is 10.1 Å². The van der Waals surface area contributed by atoms with Crippen molar-refractivity contribution in [2.24, 2.45) is 0 Å². The molecule has 0 aliphatic rings. The highest BCUT2D eigenvalue weighted by Gasteiger charge is 2.18. The number of para-hydroxylation sites is 1. The van der Waals surface area contributed by atoms with E-state index in [1.54, 1.807) is 0 Å². The van der Waals surface area contributed by atoms with Crippen LogP contribution in [0.2, 0.25) is 0 Å². The molecular formula is C27H19N3O3S. The van der Waals surface area contributed by atoms with E-state index in [9.17, 15) is 4.79 Å². The van der Waals surface area contributed by atoms with Crippen LogP contribution in [0.25, 0.3) is 33.6 Å². The van der Waals surface area contributed by atoms with Crippen molar-refractivity contribution in [2.45, 2.75) is 13.5 Å². The normalized spacial score (nSPS) is 12.1. The monoisotopic (exact) mass is 465 g/mol. The minimum atomic E-state index is -0.197. The quantitative estimate of drug-likeness (QED) is 0.358. The van der Waals surface area contributed by atoms with Gasteiger partial charge in [-0.1, -0.05) is 72.0 Å². The molecule has 0 fully saturated rings. The van der Waals surface area contributed by atoms with Crippen molar-refractivity contribution in [1.82, 2.24) is 14.6 Å². The van der Waals surface area contributed by atoms with Gasteiger partial charge in [0.25, 0.3) is 5.56 Å². The summed E-state index contributed by atoms with van der Waals surface area (Å²) < 4.78 is 13.7. The Balaban J connectivity index is 1.27. The van der Waals surface area contributed by atoms with Gasteiger partial charge in [0.2, 0.25) is 10.8 Å². The van der Waals surface area contributed by atoms with E-state index in [-0.39, 0.29) is 5.56 Å². The van der Waals surface area contributed by atoms with Gasteiger partial charge in [-0.2, -0.15) is 9.50 Å². The SMILES string of the molecule is Cc1c(-c2nc3sc(=Cc4ccc(OCc5ccccc5)cc4)c(=O)n3n2)oc2ccccc12. The molecule has 0 atom stereocenters. The highest BCUT2D eigenvalue weighted by molar-refractivity contribution is 7.15. The Kier molecular flexibility index (Phi) is 4.96. The fraction of sp³-hybridized carbons (Fsp3) is 0.0741. The molecule has 0 spiro atoms. The summed E-state index contributed by atoms with van der Waals surface area (Å²) in [5.74, 6) is 1.79. The summed E-state index contributed by atoms with van der Waals surface area (Å²) in [4.78, 5) is 18.0. The fourth-order valence-electron chi connectivity index (χ4n) is 3.87. The third-order valence-electron chi connectivity index (χ3n) is 5.65. The number of nitrogens with zero attached hydrogens (tertiary/aromatic N) is 3. The van der Waals surface area contributed by atoms with E-state index in [1.807, 2.05) is 91.9 Å². The van der Waals surface area contributed by atoms with Gasteiger partial charge in [0.15, 0.2) is 5.76 Å². The lowest BCUT2D eigenvalue weighted by Crippen LogP contribution is -2.23. The first-order chi connectivity index (χ1) is 16.7. The van der Waals surface area contributed by atoms with Crippen LogP contribution in [-0.4, -0.2) is 14.6 Å². The molecule has 34 heavy (non-hydrogen) atoms. The van der Waals surface area contributed by atoms with Crippen LogP contribution in [0.5, 0.6) is 5.75 Å². The first kappa shape index (κ1) is 20.4. The van der Waals surface area contributed by atoms with Crippen molar-refractivity contribution in [3.63, 3.8) is 0 Å². The zero-order valence-electron chi connectivity index (χ0n) is 18.3. The molecule has 0 unspecified atom stereocenters. The van der Waals surface area contributed by atoms with E-state index in [0.717, 1.165) is 33.4 Å². The number of ether oxygens (including phenoxy) is 1. The minimum Gasteiger partial charge on any atom is -0.489 e. The maximum atomic E-state index is 12.9. The van der Waals surface area contributed by atoms with Gasteiger partial charge in [0.1, 0.15) is 17.9 Å². The van der Waals surface area contributed by atoms with Gasteiger partial charge in [-0.25, -0.2) is 0 Å². The van der Waals surface area contributed by atoms with Crippen LogP contribution in [0.15, 0.2) is 88.1 Å². The van der Waals surface area contributed by atoms with E-state index in [4.69, 9.17) is 9.15 Å². The van der Waals surface area contributed by atoms with Crippen LogP contribution in [-0.2, 0) is 6.61 Å². The highest BCUT2D eigenvalue weighted by atomic mass is 32.1. The lowest BCUT2D eigenvalue weighted by atomic mass is 10.1. The molecule has 0 radical (unpaired) electrons. The first-order valence-corrected chi connectivity index (χ1v) is 11.6. The van der Waals surface area contributed by atoms with Crippen LogP contribution in [0.1, 0.15) is 16.7 Å². The Bertz CT molecular complexity index is 1730. The van der Waals surface area contributed by atoms with E-state index >= 15 is 0 Å². The van der Waals surface area contributed by atoms with Gasteiger partial charge in [-0.05, 0) is 42.3 Å². The van der Waals surface area contributed by atoms with E-state index in [1.165, 1.54) is 15.9 Å². The lowest BCUT2D eigenvalue weighted by molar-refractivity contribution is 0.306. The van der Waals surface area contributed by atoms with E-state index < -0.39 is 0 Å². The Hall–Kier alpha value is -4.23. The van der Waals surface area contributed by atoms with E-state index in [0.29, 0.717) is 27.7 Å². The molecule has 0 amide bonds. The molecule has 3 heterocycles. The van der Waals surface area contributed by atoms with Crippen molar-refractivity contribution in [1.29, 1.82) is 0 Å². The highest BCUT2D eigenvalue weighted by Crippen LogP contribution is 2.31. The zero-order valence-corrected chi connectivity index (χ0v) is 19.1. The molecule has 166 valence electrons. The number of fused-ring (bicyclic) bond motifs is 2. The van der Waals surface area contributed by atoms with Crippen LogP contribution >= 0.6 is 11.3 Å². The Morgan fingerprint density at radius 1 is 1.00 bits per heavy atom. The number of aryl methyl sites for hydroxylation is 1. The summed E-state index contributed by atoms with van der Waals surface area (Å²) in [6, 6.07) is 25.5. The second kappa shape index (κ2) is 8.28. The summed E-state index contributed by atoms with van der Waals surface area (Å²) in [5.41, 5.74) is 3.56. The van der Waals surface area contributed by atoms with Gasteiger partial charge in [-0.15, -0.1) is 5.10 Å². The summed E-state index contributed by atoms with van der Waals surface area (Å²) in [6.07, 6.45) is 1.84. The number of aromatic nitrogens is 3. The van der Waals surface area contributed by atoms with Gasteiger partial charge < -0.3 is 9.15 Å². The second-order valence-corrected chi connectivity index (χ2v) is 8.95. The molecule has 0 saturated heterocycles. The topological polar surface area (TPSA) is 69.6 Å². The second-order valence-electron chi connectivity index (χ2n) is 7.94. The Morgan fingerprint density at radius 2 is 1.76 bits per heavy atom. The number of rotatable bonds is 5. The molecule has 3 aromatic carbocycles. The molecule has 3 aromatic heterocycles. The molecular weight excluding hydrogens is 446 g/mol. The van der Waals surface area contributed by atoms with Crippen molar-refractivity contribution < 1.29 is 9.15 Å². The van der Waals surface area contributed by atoms with Crippen molar-refractivity contribution in [3.05, 3.63) is 110 Å². The summed E-state index contributed by atoms with van der Waals surface area (Å²) in [6.45, 7) is 2.48.